The van der Waals surface area contributed by atoms with Crippen molar-refractivity contribution >= 4 is 29.3 Å². The van der Waals surface area contributed by atoms with Crippen LogP contribution in [-0.2, 0) is 0 Å². The summed E-state index contributed by atoms with van der Waals surface area (Å²) in [7, 11) is 0. The number of aliphatic hydroxyl groups is 1. The molecule has 0 fully saturated rings. The number of aliphatic hydroxyl groups excluding tert-OH is 1. The first-order valence-corrected chi connectivity index (χ1v) is 4.03. The number of halogens is 1. The molecule has 0 aliphatic heterocycles. The van der Waals surface area contributed by atoms with Gasteiger partial charge in [0.25, 0.3) is 0 Å². The van der Waals surface area contributed by atoms with Crippen molar-refractivity contribution in [1.82, 2.24) is 0 Å². The maximum atomic E-state index is 8.73. The van der Waals surface area contributed by atoms with Gasteiger partial charge in [-0.1, -0.05) is 29.2 Å². The lowest BCUT2D eigenvalue weighted by Gasteiger charge is -2.21. The molecule has 10 heavy (non-hydrogen) atoms. The summed E-state index contributed by atoms with van der Waals surface area (Å²) in [5.74, 6) is 0. The molecule has 0 heterocycles. The van der Waals surface area contributed by atoms with Crippen LogP contribution in [-0.4, -0.2) is 28.4 Å². The Labute approximate surface area is 75.2 Å². The van der Waals surface area contributed by atoms with Crippen molar-refractivity contribution in [3.8, 4) is 0 Å². The van der Waals surface area contributed by atoms with Crippen molar-refractivity contribution in [3.63, 3.8) is 0 Å². The van der Waals surface area contributed by atoms with Gasteiger partial charge in [-0.2, -0.15) is 0 Å². The summed E-state index contributed by atoms with van der Waals surface area (Å²) in [4.78, 5) is 3.75. The Morgan fingerprint density at radius 3 is 2.60 bits per heavy atom. The van der Waals surface area contributed by atoms with Gasteiger partial charge in [-0.05, 0) is 19.2 Å². The van der Waals surface area contributed by atoms with Gasteiger partial charge in [0, 0.05) is 0 Å². The molecule has 2 nitrogen and oxygen atoms in total. The number of hydrogen-bond acceptors (Lipinski definition) is 2. The highest BCUT2D eigenvalue weighted by Crippen LogP contribution is 2.26. The second-order valence-electron chi connectivity index (χ2n) is 2.34. The summed E-state index contributed by atoms with van der Waals surface area (Å²) in [5.41, 5.74) is 0.792. The van der Waals surface area contributed by atoms with Gasteiger partial charge < -0.3 is 5.11 Å². The third-order valence-corrected chi connectivity index (χ3v) is 2.44. The molecule has 1 N–H and O–H groups in total. The van der Waals surface area contributed by atoms with Gasteiger partial charge in [-0.25, -0.2) is 0 Å². The third kappa shape index (κ3) is 2.79. The van der Waals surface area contributed by atoms with E-state index in [0.29, 0.717) is 6.54 Å². The van der Waals surface area contributed by atoms with Gasteiger partial charge in [-0.3, -0.25) is 4.99 Å². The minimum absolute atomic E-state index is 0.0228. The van der Waals surface area contributed by atoms with E-state index in [1.165, 1.54) is 0 Å². The van der Waals surface area contributed by atoms with Crippen LogP contribution in [0.1, 0.15) is 6.92 Å². The summed E-state index contributed by atoms with van der Waals surface area (Å²) in [6.07, 6.45) is 0. The Morgan fingerprint density at radius 2 is 2.30 bits per heavy atom. The Morgan fingerprint density at radius 1 is 1.80 bits per heavy atom. The van der Waals surface area contributed by atoms with E-state index < -0.39 is 0 Å². The van der Waals surface area contributed by atoms with E-state index in [1.54, 1.807) is 0 Å². The topological polar surface area (TPSA) is 32.6 Å². The van der Waals surface area contributed by atoms with Crippen LogP contribution in [0.4, 0.5) is 0 Å². The quantitative estimate of drug-likeness (QED) is 0.349. The maximum Gasteiger partial charge on any atom is 0.0652 e. The molecule has 0 aromatic carbocycles. The monoisotopic (exact) mass is 253 g/mol. The van der Waals surface area contributed by atoms with Crippen molar-refractivity contribution in [2.75, 3.05) is 13.2 Å². The Balaban J connectivity index is 4.08. The van der Waals surface area contributed by atoms with Gasteiger partial charge in [0.05, 0.1) is 16.6 Å². The fourth-order valence-corrected chi connectivity index (χ4v) is 0.898. The summed E-state index contributed by atoms with van der Waals surface area (Å²) in [6, 6.07) is 0. The average molecular weight is 253 g/mol. The maximum absolute atomic E-state index is 8.73. The van der Waals surface area contributed by atoms with Gasteiger partial charge in [-0.15, -0.1) is 0 Å². The summed E-state index contributed by atoms with van der Waals surface area (Å²) >= 11 is 2.21. The van der Waals surface area contributed by atoms with Gasteiger partial charge in [0.15, 0.2) is 0 Å². The van der Waals surface area contributed by atoms with Crippen LogP contribution in [0.2, 0.25) is 0 Å². The third-order valence-electron chi connectivity index (χ3n) is 1.34. The van der Waals surface area contributed by atoms with E-state index in [1.807, 2.05) is 6.92 Å². The summed E-state index contributed by atoms with van der Waals surface area (Å²) in [5, 5.41) is 8.73. The number of nitrogens with zero attached hydrogens (tertiary/aromatic N) is 1. The molecule has 0 amide bonds. The zero-order valence-electron chi connectivity index (χ0n) is 6.10. The van der Waals surface area contributed by atoms with E-state index in [0.717, 1.165) is 5.57 Å². The highest BCUT2D eigenvalue weighted by atomic mass is 127. The number of rotatable bonds is 4. The Bertz CT molecular complexity index is 143. The van der Waals surface area contributed by atoms with Crippen LogP contribution in [0.5, 0.6) is 0 Å². The average Bonchev–Trinajstić information content (AvgIpc) is 1.86. The van der Waals surface area contributed by atoms with Gasteiger partial charge in [0.2, 0.25) is 0 Å². The summed E-state index contributed by atoms with van der Waals surface area (Å²) in [6.45, 7) is 9.70. The normalized spacial score (nSPS) is 15.9. The minimum atomic E-state index is -0.145. The second kappa shape index (κ2) is 4.08. The Kier molecular flexibility index (Phi) is 4.12. The smallest absolute Gasteiger partial charge is 0.0652 e. The molecule has 1 atom stereocenters. The standard InChI is InChI=1S/C7H12INO/c1-6(4-10)7(2,8)5-9-3/h10H,1,3-5H2,2H3/t7-/m1/s1. The van der Waals surface area contributed by atoms with E-state index in [9.17, 15) is 0 Å². The molecule has 3 heteroatoms. The molecule has 0 bridgehead atoms. The molecule has 0 unspecified atom stereocenters. The highest BCUT2D eigenvalue weighted by Gasteiger charge is 2.21. The van der Waals surface area contributed by atoms with Crippen molar-refractivity contribution in [2.24, 2.45) is 4.99 Å². The molecule has 0 saturated heterocycles. The van der Waals surface area contributed by atoms with Crippen molar-refractivity contribution in [3.05, 3.63) is 12.2 Å². The zero-order chi connectivity index (χ0) is 8.20. The number of aliphatic imine (C=N–C) groups is 1. The Hall–Kier alpha value is 0.1000. The fourth-order valence-electron chi connectivity index (χ4n) is 0.487. The first kappa shape index (κ1) is 10.1. The lowest BCUT2D eigenvalue weighted by atomic mass is 10.0. The van der Waals surface area contributed by atoms with Gasteiger partial charge >= 0.3 is 0 Å². The zero-order valence-corrected chi connectivity index (χ0v) is 8.26. The molecule has 0 aromatic rings. The number of alkyl halides is 1. The molecule has 0 aliphatic carbocycles. The van der Waals surface area contributed by atoms with E-state index >= 15 is 0 Å². The minimum Gasteiger partial charge on any atom is -0.392 e. The van der Waals surface area contributed by atoms with Gasteiger partial charge in [0.1, 0.15) is 0 Å². The van der Waals surface area contributed by atoms with Crippen molar-refractivity contribution in [2.45, 2.75) is 10.3 Å². The molecule has 0 aliphatic rings. The van der Waals surface area contributed by atoms with Crippen LogP contribution in [0, 0.1) is 0 Å². The highest BCUT2D eigenvalue weighted by molar-refractivity contribution is 14.1. The lowest BCUT2D eigenvalue weighted by Crippen LogP contribution is -2.24. The molecule has 0 aromatic heterocycles. The fraction of sp³-hybridized carbons (Fsp3) is 0.571. The molecule has 58 valence electrons. The molecular weight excluding hydrogens is 241 g/mol. The molecule has 0 spiro atoms. The van der Waals surface area contributed by atoms with Crippen LogP contribution in [0.25, 0.3) is 0 Å². The van der Waals surface area contributed by atoms with E-state index in [2.05, 4.69) is 40.9 Å². The van der Waals surface area contributed by atoms with E-state index in [-0.39, 0.29) is 10.0 Å². The van der Waals surface area contributed by atoms with Crippen LogP contribution in [0.3, 0.4) is 0 Å². The first-order chi connectivity index (χ1) is 4.54. The van der Waals surface area contributed by atoms with Crippen LogP contribution in [0.15, 0.2) is 17.1 Å². The van der Waals surface area contributed by atoms with Crippen molar-refractivity contribution < 1.29 is 5.11 Å². The molecular formula is C7H12INO. The van der Waals surface area contributed by atoms with Crippen molar-refractivity contribution in [1.29, 1.82) is 0 Å². The van der Waals surface area contributed by atoms with E-state index in [4.69, 9.17) is 5.11 Å². The van der Waals surface area contributed by atoms with Crippen LogP contribution < -0.4 is 0 Å². The number of hydrogen-bond donors (Lipinski definition) is 1. The predicted octanol–water partition coefficient (Wildman–Crippen LogP) is 1.43. The molecule has 0 radical (unpaired) electrons. The SMILES string of the molecule is C=NC[C@@](C)(I)C(=C)CO. The van der Waals surface area contributed by atoms with Crippen LogP contribution >= 0.6 is 22.6 Å². The largest absolute Gasteiger partial charge is 0.392 e. The first-order valence-electron chi connectivity index (χ1n) is 2.95. The molecule has 0 rings (SSSR count). The lowest BCUT2D eigenvalue weighted by molar-refractivity contribution is 0.323. The predicted molar refractivity (Wildman–Crippen MR) is 53.1 cm³/mol. The summed E-state index contributed by atoms with van der Waals surface area (Å²) < 4.78 is -0.145. The second-order valence-corrected chi connectivity index (χ2v) is 4.72. The molecule has 0 saturated carbocycles.